The monoisotopic (exact) mass is 262 g/mol. The van der Waals surface area contributed by atoms with Gasteiger partial charge in [-0.3, -0.25) is 0 Å². The molecule has 0 aliphatic carbocycles. The standard InChI is InChI=1S/C9H18N4O3S/c1-7(2)16-5-4-12-17(14,15)9-8(10)11-6-13(9)3/h6-7,12H,4-5,10H2,1-3H3. The van der Waals surface area contributed by atoms with Gasteiger partial charge in [-0.25, -0.2) is 18.1 Å². The van der Waals surface area contributed by atoms with E-state index < -0.39 is 10.0 Å². The molecule has 1 heterocycles. The Hall–Kier alpha value is -1.12. The fraction of sp³-hybridized carbons (Fsp3) is 0.667. The topological polar surface area (TPSA) is 99.2 Å². The van der Waals surface area contributed by atoms with Gasteiger partial charge in [0.2, 0.25) is 0 Å². The van der Waals surface area contributed by atoms with Crippen LogP contribution in [-0.2, 0) is 21.8 Å². The van der Waals surface area contributed by atoms with E-state index in [1.807, 2.05) is 13.8 Å². The molecule has 0 radical (unpaired) electrons. The molecule has 0 fully saturated rings. The van der Waals surface area contributed by atoms with Crippen molar-refractivity contribution in [3.05, 3.63) is 6.33 Å². The first-order chi connectivity index (χ1) is 7.84. The molecule has 3 N–H and O–H groups in total. The molecule has 0 aliphatic rings. The molecule has 98 valence electrons. The highest BCUT2D eigenvalue weighted by molar-refractivity contribution is 7.89. The van der Waals surface area contributed by atoms with Crippen molar-refractivity contribution < 1.29 is 13.2 Å². The lowest BCUT2D eigenvalue weighted by atomic mass is 10.5. The van der Waals surface area contributed by atoms with Crippen LogP contribution in [0.25, 0.3) is 0 Å². The highest BCUT2D eigenvalue weighted by atomic mass is 32.2. The number of aryl methyl sites for hydroxylation is 1. The second-order valence-corrected chi connectivity index (χ2v) is 5.55. The van der Waals surface area contributed by atoms with Crippen LogP contribution in [0.3, 0.4) is 0 Å². The molecule has 1 rings (SSSR count). The van der Waals surface area contributed by atoms with Crippen LogP contribution in [0.15, 0.2) is 11.4 Å². The molecule has 0 saturated heterocycles. The fourth-order valence-electron chi connectivity index (χ4n) is 1.30. The minimum atomic E-state index is -3.63. The van der Waals surface area contributed by atoms with Gasteiger partial charge in [0, 0.05) is 13.6 Å². The van der Waals surface area contributed by atoms with E-state index in [4.69, 9.17) is 10.5 Å². The molecule has 0 saturated carbocycles. The van der Waals surface area contributed by atoms with Crippen LogP contribution >= 0.6 is 0 Å². The zero-order valence-corrected chi connectivity index (χ0v) is 11.0. The lowest BCUT2D eigenvalue weighted by Crippen LogP contribution is -2.30. The molecule has 0 aromatic carbocycles. The summed E-state index contributed by atoms with van der Waals surface area (Å²) < 4.78 is 32.7. The Morgan fingerprint density at radius 1 is 1.59 bits per heavy atom. The zero-order chi connectivity index (χ0) is 13.1. The van der Waals surface area contributed by atoms with Crippen LogP contribution in [-0.4, -0.2) is 37.2 Å². The Kier molecular flexibility index (Phi) is 4.49. The lowest BCUT2D eigenvalue weighted by Gasteiger charge is -2.09. The van der Waals surface area contributed by atoms with Crippen molar-refractivity contribution in [3.8, 4) is 0 Å². The summed E-state index contributed by atoms with van der Waals surface area (Å²) in [6, 6.07) is 0. The molecular weight excluding hydrogens is 244 g/mol. The Balaban J connectivity index is 2.64. The molecule has 7 nitrogen and oxygen atoms in total. The third kappa shape index (κ3) is 3.69. The van der Waals surface area contributed by atoms with Gasteiger partial charge in [0.15, 0.2) is 10.8 Å². The molecule has 0 unspecified atom stereocenters. The minimum Gasteiger partial charge on any atom is -0.381 e. The highest BCUT2D eigenvalue weighted by Gasteiger charge is 2.21. The van der Waals surface area contributed by atoms with Gasteiger partial charge in [-0.15, -0.1) is 0 Å². The summed E-state index contributed by atoms with van der Waals surface area (Å²) >= 11 is 0. The summed E-state index contributed by atoms with van der Waals surface area (Å²) in [7, 11) is -2.06. The Bertz CT molecular complexity index is 447. The van der Waals surface area contributed by atoms with Gasteiger partial charge in [0.05, 0.1) is 19.0 Å². The van der Waals surface area contributed by atoms with Gasteiger partial charge in [0.1, 0.15) is 0 Å². The van der Waals surface area contributed by atoms with E-state index in [1.54, 1.807) is 7.05 Å². The second kappa shape index (κ2) is 5.48. The summed E-state index contributed by atoms with van der Waals surface area (Å²) in [5.74, 6) is -0.00946. The number of aromatic nitrogens is 2. The SMILES string of the molecule is CC(C)OCCNS(=O)(=O)c1c(N)ncn1C. The van der Waals surface area contributed by atoms with Crippen LogP contribution in [0.2, 0.25) is 0 Å². The predicted octanol–water partition coefficient (Wildman–Crippen LogP) is -0.294. The van der Waals surface area contributed by atoms with Crippen LogP contribution in [0, 0.1) is 0 Å². The van der Waals surface area contributed by atoms with Crippen LogP contribution in [0.1, 0.15) is 13.8 Å². The average Bonchev–Trinajstić information content (AvgIpc) is 2.53. The number of nitrogens with one attached hydrogen (secondary N) is 1. The Morgan fingerprint density at radius 2 is 2.24 bits per heavy atom. The van der Waals surface area contributed by atoms with E-state index in [2.05, 4.69) is 9.71 Å². The van der Waals surface area contributed by atoms with Crippen molar-refractivity contribution in [3.63, 3.8) is 0 Å². The van der Waals surface area contributed by atoms with Crippen molar-refractivity contribution in [1.82, 2.24) is 14.3 Å². The third-order valence-corrected chi connectivity index (χ3v) is 3.60. The van der Waals surface area contributed by atoms with Crippen LogP contribution < -0.4 is 10.5 Å². The van der Waals surface area contributed by atoms with E-state index in [-0.39, 0.29) is 23.5 Å². The fourth-order valence-corrected chi connectivity index (χ4v) is 2.55. The second-order valence-electron chi connectivity index (χ2n) is 3.86. The van der Waals surface area contributed by atoms with Crippen molar-refractivity contribution in [2.24, 2.45) is 7.05 Å². The van der Waals surface area contributed by atoms with Gasteiger partial charge in [-0.05, 0) is 13.8 Å². The van der Waals surface area contributed by atoms with E-state index in [0.29, 0.717) is 6.61 Å². The first-order valence-electron chi connectivity index (χ1n) is 5.22. The Labute approximate surface area is 101 Å². The molecule has 8 heteroatoms. The summed E-state index contributed by atoms with van der Waals surface area (Å²) in [6.45, 7) is 4.28. The third-order valence-electron chi connectivity index (χ3n) is 2.01. The maximum atomic E-state index is 11.9. The number of nitrogen functional groups attached to an aromatic ring is 1. The molecule has 17 heavy (non-hydrogen) atoms. The number of ether oxygens (including phenoxy) is 1. The maximum absolute atomic E-state index is 11.9. The quantitative estimate of drug-likeness (QED) is 0.686. The van der Waals surface area contributed by atoms with Crippen molar-refractivity contribution in [2.45, 2.75) is 25.0 Å². The van der Waals surface area contributed by atoms with E-state index in [9.17, 15) is 8.42 Å². The average molecular weight is 262 g/mol. The molecule has 0 spiro atoms. The Morgan fingerprint density at radius 3 is 2.71 bits per heavy atom. The molecule has 0 amide bonds. The van der Waals surface area contributed by atoms with Crippen molar-refractivity contribution in [1.29, 1.82) is 0 Å². The predicted molar refractivity (Wildman–Crippen MR) is 63.9 cm³/mol. The number of nitrogens with two attached hydrogens (primary N) is 1. The molecule has 0 aliphatic heterocycles. The van der Waals surface area contributed by atoms with E-state index >= 15 is 0 Å². The number of hydrogen-bond acceptors (Lipinski definition) is 5. The zero-order valence-electron chi connectivity index (χ0n) is 10.2. The van der Waals surface area contributed by atoms with Crippen LogP contribution in [0.4, 0.5) is 5.82 Å². The largest absolute Gasteiger partial charge is 0.381 e. The molecule has 0 atom stereocenters. The van der Waals surface area contributed by atoms with Crippen LogP contribution in [0.5, 0.6) is 0 Å². The maximum Gasteiger partial charge on any atom is 0.260 e. The lowest BCUT2D eigenvalue weighted by molar-refractivity contribution is 0.0833. The van der Waals surface area contributed by atoms with Gasteiger partial charge in [-0.1, -0.05) is 0 Å². The number of anilines is 1. The molecule has 1 aromatic rings. The van der Waals surface area contributed by atoms with Gasteiger partial charge in [0.25, 0.3) is 10.0 Å². The number of sulfonamides is 1. The molecular formula is C9H18N4O3S. The van der Waals surface area contributed by atoms with E-state index in [0.717, 1.165) is 0 Å². The smallest absolute Gasteiger partial charge is 0.260 e. The van der Waals surface area contributed by atoms with Crippen molar-refractivity contribution in [2.75, 3.05) is 18.9 Å². The van der Waals surface area contributed by atoms with Crippen molar-refractivity contribution >= 4 is 15.8 Å². The highest BCUT2D eigenvalue weighted by Crippen LogP contribution is 2.14. The normalized spacial score (nSPS) is 12.2. The van der Waals surface area contributed by atoms with Gasteiger partial charge in [-0.2, -0.15) is 0 Å². The number of rotatable bonds is 6. The molecule has 0 bridgehead atoms. The van der Waals surface area contributed by atoms with Gasteiger partial charge >= 0.3 is 0 Å². The summed E-state index contributed by atoms with van der Waals surface area (Å²) in [6.07, 6.45) is 1.43. The van der Waals surface area contributed by atoms with E-state index in [1.165, 1.54) is 10.9 Å². The van der Waals surface area contributed by atoms with Gasteiger partial charge < -0.3 is 15.0 Å². The summed E-state index contributed by atoms with van der Waals surface area (Å²) in [5, 5.41) is -0.0259. The summed E-state index contributed by atoms with van der Waals surface area (Å²) in [4.78, 5) is 3.73. The number of nitrogens with zero attached hydrogens (tertiary/aromatic N) is 2. The first-order valence-corrected chi connectivity index (χ1v) is 6.71. The summed E-state index contributed by atoms with van der Waals surface area (Å²) in [5.41, 5.74) is 5.50. The number of hydrogen-bond donors (Lipinski definition) is 2. The first kappa shape index (κ1) is 13.9. The minimum absolute atomic E-state index is 0.00946. The molecule has 1 aromatic heterocycles. The number of imidazole rings is 1.